The van der Waals surface area contributed by atoms with Gasteiger partial charge in [0.15, 0.2) is 5.82 Å². The highest BCUT2D eigenvalue weighted by Crippen LogP contribution is 2.13. The van der Waals surface area contributed by atoms with Crippen molar-refractivity contribution in [1.82, 2.24) is 4.98 Å². The molecule has 5 heteroatoms. The first-order chi connectivity index (χ1) is 8.65. The maximum atomic E-state index is 12.9. The maximum Gasteiger partial charge on any atom is 0.230 e. The number of hydrogen-bond acceptors (Lipinski definition) is 3. The van der Waals surface area contributed by atoms with E-state index in [1.807, 2.05) is 0 Å². The van der Waals surface area contributed by atoms with Crippen LogP contribution in [-0.2, 0) is 11.2 Å². The zero-order chi connectivity index (χ0) is 13.0. The molecule has 1 aromatic heterocycles. The number of halogens is 1. The van der Waals surface area contributed by atoms with Crippen molar-refractivity contribution >= 4 is 17.4 Å². The van der Waals surface area contributed by atoms with Crippen molar-refractivity contribution in [3.05, 3.63) is 54.0 Å². The molecule has 0 saturated heterocycles. The molecule has 92 valence electrons. The molecule has 0 fully saturated rings. The molecule has 0 bridgehead atoms. The third-order valence-corrected chi connectivity index (χ3v) is 2.35. The fourth-order valence-corrected chi connectivity index (χ4v) is 1.53. The molecule has 0 spiro atoms. The molecule has 2 rings (SSSR count). The first-order valence-electron chi connectivity index (χ1n) is 5.40. The van der Waals surface area contributed by atoms with E-state index in [0.717, 1.165) is 0 Å². The summed E-state index contributed by atoms with van der Waals surface area (Å²) >= 11 is 0. The predicted molar refractivity (Wildman–Crippen MR) is 67.4 cm³/mol. The summed E-state index contributed by atoms with van der Waals surface area (Å²) in [6.07, 6.45) is 1.61. The van der Waals surface area contributed by atoms with Gasteiger partial charge in [0.1, 0.15) is 5.82 Å². The molecule has 0 aliphatic heterocycles. The number of carbonyl (C=O) groups is 1. The Bertz CT molecular complexity index is 572. The van der Waals surface area contributed by atoms with Crippen LogP contribution >= 0.6 is 0 Å². The van der Waals surface area contributed by atoms with Crippen LogP contribution in [0.1, 0.15) is 5.56 Å². The minimum atomic E-state index is -0.363. The number of aromatic nitrogens is 1. The van der Waals surface area contributed by atoms with Gasteiger partial charge in [-0.15, -0.1) is 0 Å². The number of pyridine rings is 1. The number of amides is 1. The monoisotopic (exact) mass is 245 g/mol. The van der Waals surface area contributed by atoms with Crippen molar-refractivity contribution in [1.29, 1.82) is 0 Å². The molecule has 0 saturated carbocycles. The molecular weight excluding hydrogens is 233 g/mol. The van der Waals surface area contributed by atoms with Gasteiger partial charge in [-0.1, -0.05) is 12.1 Å². The van der Waals surface area contributed by atoms with Crippen LogP contribution in [0.15, 0.2) is 42.6 Å². The normalized spacial score (nSPS) is 10.1. The Morgan fingerprint density at radius 2 is 2.17 bits per heavy atom. The fraction of sp³-hybridized carbons (Fsp3) is 0.0769. The second-order valence-electron chi connectivity index (χ2n) is 3.80. The van der Waals surface area contributed by atoms with E-state index in [0.29, 0.717) is 17.1 Å². The lowest BCUT2D eigenvalue weighted by molar-refractivity contribution is -0.115. The van der Waals surface area contributed by atoms with E-state index in [-0.39, 0.29) is 18.1 Å². The molecule has 0 unspecified atom stereocenters. The summed E-state index contributed by atoms with van der Waals surface area (Å²) in [4.78, 5) is 15.7. The lowest BCUT2D eigenvalue weighted by Gasteiger charge is -2.06. The third kappa shape index (κ3) is 3.04. The first kappa shape index (κ1) is 12.0. The average molecular weight is 245 g/mol. The predicted octanol–water partition coefficient (Wildman–Crippen LogP) is 1.98. The molecule has 3 N–H and O–H groups in total. The number of nitrogens with zero attached hydrogens (tertiary/aromatic N) is 1. The summed E-state index contributed by atoms with van der Waals surface area (Å²) in [7, 11) is 0. The molecule has 4 nitrogen and oxygen atoms in total. The number of anilines is 2. The number of rotatable bonds is 3. The van der Waals surface area contributed by atoms with Crippen molar-refractivity contribution in [3.63, 3.8) is 0 Å². The molecule has 18 heavy (non-hydrogen) atoms. The number of carbonyl (C=O) groups excluding carboxylic acids is 1. The minimum Gasteiger partial charge on any atom is -0.396 e. The van der Waals surface area contributed by atoms with E-state index in [9.17, 15) is 9.18 Å². The molecule has 2 aromatic rings. The summed E-state index contributed by atoms with van der Waals surface area (Å²) in [5, 5.41) is 2.58. The van der Waals surface area contributed by atoms with Gasteiger partial charge in [0, 0.05) is 6.20 Å². The smallest absolute Gasteiger partial charge is 0.230 e. The van der Waals surface area contributed by atoms with Crippen molar-refractivity contribution in [3.8, 4) is 0 Å². The molecule has 0 atom stereocenters. The number of benzene rings is 1. The van der Waals surface area contributed by atoms with Crippen molar-refractivity contribution in [2.24, 2.45) is 0 Å². The lowest BCUT2D eigenvalue weighted by Crippen LogP contribution is -2.16. The second kappa shape index (κ2) is 5.27. The van der Waals surface area contributed by atoms with E-state index in [1.165, 1.54) is 18.3 Å². The Morgan fingerprint density at radius 3 is 2.89 bits per heavy atom. The van der Waals surface area contributed by atoms with E-state index in [4.69, 9.17) is 5.73 Å². The molecule has 1 heterocycles. The van der Waals surface area contributed by atoms with Gasteiger partial charge in [0.05, 0.1) is 12.1 Å². The highest BCUT2D eigenvalue weighted by Gasteiger charge is 2.07. The van der Waals surface area contributed by atoms with Crippen molar-refractivity contribution in [2.45, 2.75) is 6.42 Å². The van der Waals surface area contributed by atoms with Crippen LogP contribution in [0.3, 0.4) is 0 Å². The van der Waals surface area contributed by atoms with Crippen LogP contribution in [0.4, 0.5) is 15.9 Å². The SMILES string of the molecule is Nc1cccnc1NC(=O)Cc1cccc(F)c1. The maximum absolute atomic E-state index is 12.9. The average Bonchev–Trinajstić information content (AvgIpc) is 2.32. The van der Waals surface area contributed by atoms with Gasteiger partial charge in [-0.05, 0) is 29.8 Å². The Kier molecular flexibility index (Phi) is 3.52. The second-order valence-corrected chi connectivity index (χ2v) is 3.80. The summed E-state index contributed by atoms with van der Waals surface area (Å²) in [6, 6.07) is 9.22. The lowest BCUT2D eigenvalue weighted by atomic mass is 10.1. The van der Waals surface area contributed by atoms with E-state index in [2.05, 4.69) is 10.3 Å². The summed E-state index contributed by atoms with van der Waals surface area (Å²) < 4.78 is 12.9. The number of nitrogens with two attached hydrogens (primary N) is 1. The van der Waals surface area contributed by atoms with Gasteiger partial charge in [-0.3, -0.25) is 4.79 Å². The standard InChI is InChI=1S/C13H12FN3O/c14-10-4-1-3-9(7-10)8-12(18)17-13-11(15)5-2-6-16-13/h1-7H,8,15H2,(H,16,17,18). The molecule has 0 radical (unpaired) electrons. The Morgan fingerprint density at radius 1 is 1.33 bits per heavy atom. The van der Waals surface area contributed by atoms with Crippen molar-refractivity contribution < 1.29 is 9.18 Å². The summed E-state index contributed by atoms with van der Waals surface area (Å²) in [5.74, 6) is -0.331. The van der Waals surface area contributed by atoms with E-state index >= 15 is 0 Å². The van der Waals surface area contributed by atoms with Crippen LogP contribution < -0.4 is 11.1 Å². The number of nitrogens with one attached hydrogen (secondary N) is 1. The van der Waals surface area contributed by atoms with Gasteiger partial charge >= 0.3 is 0 Å². The van der Waals surface area contributed by atoms with Gasteiger partial charge in [-0.25, -0.2) is 9.37 Å². The highest BCUT2D eigenvalue weighted by molar-refractivity contribution is 5.93. The molecular formula is C13H12FN3O. The summed E-state index contributed by atoms with van der Waals surface area (Å²) in [6.45, 7) is 0. The van der Waals surface area contributed by atoms with Crippen LogP contribution in [-0.4, -0.2) is 10.9 Å². The minimum absolute atomic E-state index is 0.0772. The van der Waals surface area contributed by atoms with Crippen LogP contribution in [0.5, 0.6) is 0 Å². The highest BCUT2D eigenvalue weighted by atomic mass is 19.1. The van der Waals surface area contributed by atoms with Gasteiger partial charge < -0.3 is 11.1 Å². The first-order valence-corrected chi connectivity index (χ1v) is 5.40. The van der Waals surface area contributed by atoms with Crippen LogP contribution in [0.2, 0.25) is 0 Å². The van der Waals surface area contributed by atoms with Gasteiger partial charge in [0.25, 0.3) is 0 Å². The summed E-state index contributed by atoms with van der Waals surface area (Å²) in [5.41, 5.74) is 6.64. The Balaban J connectivity index is 2.03. The third-order valence-electron chi connectivity index (χ3n) is 2.35. The number of nitrogen functional groups attached to an aromatic ring is 1. The Hall–Kier alpha value is -2.43. The zero-order valence-corrected chi connectivity index (χ0v) is 9.56. The zero-order valence-electron chi connectivity index (χ0n) is 9.56. The van der Waals surface area contributed by atoms with Gasteiger partial charge in [-0.2, -0.15) is 0 Å². The molecule has 0 aliphatic rings. The van der Waals surface area contributed by atoms with E-state index in [1.54, 1.807) is 24.3 Å². The van der Waals surface area contributed by atoms with Crippen LogP contribution in [0, 0.1) is 5.82 Å². The van der Waals surface area contributed by atoms with Crippen LogP contribution in [0.25, 0.3) is 0 Å². The molecule has 1 aromatic carbocycles. The largest absolute Gasteiger partial charge is 0.396 e. The number of hydrogen-bond donors (Lipinski definition) is 2. The van der Waals surface area contributed by atoms with Crippen molar-refractivity contribution in [2.75, 3.05) is 11.1 Å². The van der Waals surface area contributed by atoms with E-state index < -0.39 is 0 Å². The molecule has 0 aliphatic carbocycles. The Labute approximate surface area is 104 Å². The van der Waals surface area contributed by atoms with Gasteiger partial charge in [0.2, 0.25) is 5.91 Å². The topological polar surface area (TPSA) is 68.0 Å². The fourth-order valence-electron chi connectivity index (χ4n) is 1.53. The quantitative estimate of drug-likeness (QED) is 0.868. The molecule has 1 amide bonds.